The van der Waals surface area contributed by atoms with Crippen LogP contribution in [0.25, 0.3) is 5.65 Å². The molecule has 0 radical (unpaired) electrons. The summed E-state index contributed by atoms with van der Waals surface area (Å²) in [5, 5.41) is 14.7. The number of rotatable bonds is 5. The summed E-state index contributed by atoms with van der Waals surface area (Å²) >= 11 is 0. The Hall–Kier alpha value is -3.18. The molecule has 2 N–H and O–H groups in total. The molecule has 2 saturated heterocycles. The summed E-state index contributed by atoms with van der Waals surface area (Å²) in [4.78, 5) is 22.5. The molecule has 3 aromatic rings. The van der Waals surface area contributed by atoms with Crippen LogP contribution in [0.4, 0.5) is 11.5 Å². The Morgan fingerprint density at radius 3 is 2.67 bits per heavy atom. The molecule has 0 aliphatic carbocycles. The molecule has 192 valence electrons. The number of piperidine rings is 1. The van der Waals surface area contributed by atoms with Gasteiger partial charge in [-0.1, -0.05) is 11.6 Å². The molecule has 2 aliphatic rings. The topological polar surface area (TPSA) is 120 Å². The average Bonchev–Trinajstić information content (AvgIpc) is 3.44. The molecular weight excluding hydrogens is 480 g/mol. The van der Waals surface area contributed by atoms with Gasteiger partial charge in [0, 0.05) is 37.5 Å². The fraction of sp³-hybridized carbons (Fsp3) is 0.480. The summed E-state index contributed by atoms with van der Waals surface area (Å²) in [5.41, 5.74) is 3.91. The van der Waals surface area contributed by atoms with Crippen LogP contribution in [0.5, 0.6) is 0 Å². The lowest BCUT2D eigenvalue weighted by atomic mass is 9.97. The van der Waals surface area contributed by atoms with Crippen molar-refractivity contribution in [3.63, 3.8) is 0 Å². The minimum absolute atomic E-state index is 0.220. The van der Waals surface area contributed by atoms with E-state index in [0.717, 1.165) is 61.1 Å². The molecule has 0 bridgehead atoms. The van der Waals surface area contributed by atoms with Crippen LogP contribution >= 0.6 is 0 Å². The summed E-state index contributed by atoms with van der Waals surface area (Å²) in [6.45, 7) is 5.75. The van der Waals surface area contributed by atoms with Gasteiger partial charge in [0.2, 0.25) is 10.0 Å². The van der Waals surface area contributed by atoms with Gasteiger partial charge in [-0.15, -0.1) is 0 Å². The third-order valence-corrected chi connectivity index (χ3v) is 7.48. The maximum atomic E-state index is 13.8. The third-order valence-electron chi connectivity index (χ3n) is 6.89. The standard InChI is InChI=1S/C25H32N6O4S/c1-16-7-8-20(28-36(3,34)35)19(12-16)25(33)30-10-5-4-6-22(30)21-13-23-26-24(17(2)14-31(23)27-21)29-11-9-18(32)15-29/h7-8,12-14,18,22,28,32H,4-6,9-11,15H2,1-3H3. The Labute approximate surface area is 211 Å². The molecule has 2 aromatic heterocycles. The summed E-state index contributed by atoms with van der Waals surface area (Å²) in [5.74, 6) is 0.626. The largest absolute Gasteiger partial charge is 0.391 e. The summed E-state index contributed by atoms with van der Waals surface area (Å²) in [6, 6.07) is 6.84. The first-order valence-corrected chi connectivity index (χ1v) is 14.2. The minimum atomic E-state index is -3.54. The van der Waals surface area contributed by atoms with Crippen molar-refractivity contribution >= 4 is 33.1 Å². The van der Waals surface area contributed by atoms with Gasteiger partial charge in [-0.25, -0.2) is 17.9 Å². The molecule has 11 heteroatoms. The second-order valence-electron chi connectivity index (χ2n) is 9.94. The van der Waals surface area contributed by atoms with Crippen molar-refractivity contribution in [2.45, 2.75) is 51.7 Å². The highest BCUT2D eigenvalue weighted by Crippen LogP contribution is 2.34. The first-order valence-electron chi connectivity index (χ1n) is 12.3. The van der Waals surface area contributed by atoms with E-state index in [1.165, 1.54) is 0 Å². The van der Waals surface area contributed by atoms with E-state index in [9.17, 15) is 18.3 Å². The molecule has 5 rings (SSSR count). The molecule has 0 spiro atoms. The molecule has 2 unspecified atom stereocenters. The number of aliphatic hydroxyl groups is 1. The van der Waals surface area contributed by atoms with Gasteiger partial charge in [0.1, 0.15) is 5.82 Å². The van der Waals surface area contributed by atoms with Crippen molar-refractivity contribution < 1.29 is 18.3 Å². The molecule has 10 nitrogen and oxygen atoms in total. The second kappa shape index (κ2) is 9.36. The van der Waals surface area contributed by atoms with E-state index in [1.807, 2.05) is 26.1 Å². The number of fused-ring (bicyclic) bond motifs is 1. The van der Waals surface area contributed by atoms with Gasteiger partial charge in [0.15, 0.2) is 5.65 Å². The van der Waals surface area contributed by atoms with Crippen LogP contribution in [0, 0.1) is 13.8 Å². The van der Waals surface area contributed by atoms with Gasteiger partial charge in [0.05, 0.1) is 35.3 Å². The number of anilines is 2. The molecule has 36 heavy (non-hydrogen) atoms. The zero-order chi connectivity index (χ0) is 25.6. The van der Waals surface area contributed by atoms with E-state index in [-0.39, 0.29) is 23.7 Å². The summed E-state index contributed by atoms with van der Waals surface area (Å²) < 4.78 is 28.1. The zero-order valence-electron chi connectivity index (χ0n) is 20.8. The lowest BCUT2D eigenvalue weighted by Crippen LogP contribution is -2.39. The Balaban J connectivity index is 1.49. The first-order chi connectivity index (χ1) is 17.1. The van der Waals surface area contributed by atoms with Crippen LogP contribution in [0.2, 0.25) is 0 Å². The number of carbonyl (C=O) groups excluding carboxylic acids is 1. The highest BCUT2D eigenvalue weighted by Gasteiger charge is 2.32. The Morgan fingerprint density at radius 1 is 1.14 bits per heavy atom. The van der Waals surface area contributed by atoms with Crippen LogP contribution in [-0.4, -0.2) is 70.9 Å². The zero-order valence-corrected chi connectivity index (χ0v) is 21.6. The number of β-amino-alcohol motifs (C(OH)–C–C–N with tert-alkyl or cyclic N) is 1. The van der Waals surface area contributed by atoms with Crippen LogP contribution < -0.4 is 9.62 Å². The molecular formula is C25H32N6O4S. The SMILES string of the molecule is Cc1ccc(NS(C)(=O)=O)c(C(=O)N2CCCCC2c2cc3nc(N4CCC(O)C4)c(C)cn3n2)c1. The fourth-order valence-electron chi connectivity index (χ4n) is 5.20. The van der Waals surface area contributed by atoms with Crippen molar-refractivity contribution in [3.8, 4) is 0 Å². The van der Waals surface area contributed by atoms with E-state index < -0.39 is 10.0 Å². The normalized spacial score (nSPS) is 20.8. The van der Waals surface area contributed by atoms with Crippen LogP contribution in [0.1, 0.15) is 58.9 Å². The van der Waals surface area contributed by atoms with Gasteiger partial charge < -0.3 is 14.9 Å². The number of aliphatic hydroxyl groups excluding tert-OH is 1. The number of aromatic nitrogens is 3. The molecule has 0 saturated carbocycles. The van der Waals surface area contributed by atoms with Gasteiger partial charge in [-0.2, -0.15) is 5.10 Å². The number of nitrogens with zero attached hydrogens (tertiary/aromatic N) is 5. The predicted octanol–water partition coefficient (Wildman–Crippen LogP) is 2.66. The maximum absolute atomic E-state index is 13.8. The quantitative estimate of drug-likeness (QED) is 0.539. The van der Waals surface area contributed by atoms with Crippen molar-refractivity contribution in [3.05, 3.63) is 52.8 Å². The van der Waals surface area contributed by atoms with E-state index in [4.69, 9.17) is 10.1 Å². The number of nitrogens with one attached hydrogen (secondary N) is 1. The number of likely N-dealkylation sites (tertiary alicyclic amines) is 1. The van der Waals surface area contributed by atoms with Crippen LogP contribution in [0.3, 0.4) is 0 Å². The van der Waals surface area contributed by atoms with Gasteiger partial charge in [-0.3, -0.25) is 9.52 Å². The lowest BCUT2D eigenvalue weighted by Gasteiger charge is -2.35. The number of hydrogen-bond donors (Lipinski definition) is 2. The monoisotopic (exact) mass is 512 g/mol. The smallest absolute Gasteiger partial charge is 0.256 e. The van der Waals surface area contributed by atoms with E-state index in [0.29, 0.717) is 24.3 Å². The number of amides is 1. The predicted molar refractivity (Wildman–Crippen MR) is 138 cm³/mol. The van der Waals surface area contributed by atoms with Crippen molar-refractivity contribution in [1.82, 2.24) is 19.5 Å². The molecule has 4 heterocycles. The van der Waals surface area contributed by atoms with Crippen molar-refractivity contribution in [2.24, 2.45) is 0 Å². The Kier molecular flexibility index (Phi) is 6.37. The third kappa shape index (κ3) is 4.90. The molecule has 2 atom stereocenters. The average molecular weight is 513 g/mol. The number of aryl methyl sites for hydroxylation is 2. The molecule has 2 fully saturated rings. The highest BCUT2D eigenvalue weighted by atomic mass is 32.2. The van der Waals surface area contributed by atoms with Crippen LogP contribution in [-0.2, 0) is 10.0 Å². The Bertz CT molecular complexity index is 1420. The second-order valence-corrected chi connectivity index (χ2v) is 11.7. The molecule has 1 aromatic carbocycles. The van der Waals surface area contributed by atoms with E-state index in [2.05, 4.69) is 9.62 Å². The molecule has 1 amide bonds. The summed E-state index contributed by atoms with van der Waals surface area (Å²) in [7, 11) is -3.54. The van der Waals surface area contributed by atoms with Crippen molar-refractivity contribution in [1.29, 1.82) is 0 Å². The van der Waals surface area contributed by atoms with Gasteiger partial charge >= 0.3 is 0 Å². The minimum Gasteiger partial charge on any atom is -0.391 e. The highest BCUT2D eigenvalue weighted by molar-refractivity contribution is 7.92. The number of sulfonamides is 1. The molecule has 2 aliphatic heterocycles. The first kappa shape index (κ1) is 24.5. The Morgan fingerprint density at radius 2 is 1.94 bits per heavy atom. The number of hydrogen-bond acceptors (Lipinski definition) is 7. The van der Waals surface area contributed by atoms with E-state index in [1.54, 1.807) is 27.6 Å². The van der Waals surface area contributed by atoms with Crippen LogP contribution in [0.15, 0.2) is 30.5 Å². The fourth-order valence-corrected chi connectivity index (χ4v) is 5.77. The maximum Gasteiger partial charge on any atom is 0.256 e. The van der Waals surface area contributed by atoms with Gasteiger partial charge in [0.25, 0.3) is 5.91 Å². The van der Waals surface area contributed by atoms with E-state index >= 15 is 0 Å². The van der Waals surface area contributed by atoms with Gasteiger partial charge in [-0.05, 0) is 51.7 Å². The summed E-state index contributed by atoms with van der Waals surface area (Å²) in [6.07, 6.45) is 6.01. The number of carbonyl (C=O) groups is 1. The van der Waals surface area contributed by atoms with Crippen molar-refractivity contribution in [2.75, 3.05) is 35.5 Å². The lowest BCUT2D eigenvalue weighted by molar-refractivity contribution is 0.0606. The number of benzene rings is 1.